The topological polar surface area (TPSA) is 75.4 Å². The maximum absolute atomic E-state index is 13.8. The summed E-state index contributed by atoms with van der Waals surface area (Å²) in [5.41, 5.74) is 0.328. The third-order valence-corrected chi connectivity index (χ3v) is 3.03. The second-order valence-corrected chi connectivity index (χ2v) is 4.92. The number of hydrogen-bond acceptors (Lipinski definition) is 5. The number of nitrogens with one attached hydrogen (secondary N) is 1. The minimum absolute atomic E-state index is 0.0323. The molecule has 0 unspecified atom stereocenters. The number of anilines is 2. The van der Waals surface area contributed by atoms with Crippen LogP contribution < -0.4 is 10.2 Å². The van der Waals surface area contributed by atoms with Gasteiger partial charge in [0.2, 0.25) is 5.91 Å². The van der Waals surface area contributed by atoms with Crippen LogP contribution >= 0.6 is 0 Å². The van der Waals surface area contributed by atoms with Gasteiger partial charge in [-0.05, 0) is 26.0 Å². The van der Waals surface area contributed by atoms with Gasteiger partial charge >= 0.3 is 0 Å². The maximum Gasteiger partial charge on any atom is 0.245 e. The number of nitrogens with zero attached hydrogens (tertiary/aromatic N) is 2. The molecule has 0 aliphatic carbocycles. The smallest absolute Gasteiger partial charge is 0.245 e. The van der Waals surface area contributed by atoms with Gasteiger partial charge < -0.3 is 14.7 Å². The van der Waals surface area contributed by atoms with Crippen LogP contribution in [0, 0.1) is 12.7 Å². The Morgan fingerprint density at radius 2 is 2.14 bits per heavy atom. The van der Waals surface area contributed by atoms with Crippen molar-refractivity contribution in [2.24, 2.45) is 0 Å². The molecule has 1 aromatic carbocycles. The summed E-state index contributed by atoms with van der Waals surface area (Å²) in [6, 6.07) is 5.88. The molecular weight excluding hydrogens is 289 g/mol. The molecule has 2 rings (SSSR count). The molecule has 2 aromatic rings. The molecule has 0 aliphatic heterocycles. The Bertz CT molecular complexity index is 712. The van der Waals surface area contributed by atoms with E-state index < -0.39 is 11.6 Å². The Hall–Kier alpha value is -2.70. The number of carbonyl (C=O) groups is 2. The van der Waals surface area contributed by atoms with E-state index in [9.17, 15) is 14.0 Å². The summed E-state index contributed by atoms with van der Waals surface area (Å²) in [6.45, 7) is 2.93. The fraction of sp³-hybridized carbons (Fsp3) is 0.267. The summed E-state index contributed by atoms with van der Waals surface area (Å²) >= 11 is 0. The van der Waals surface area contributed by atoms with Crippen LogP contribution in [0.15, 0.2) is 28.8 Å². The molecule has 7 heteroatoms. The number of Topliss-reactive ketones (excluding diaryl/α,β-unsaturated/α-hetero) is 1. The fourth-order valence-electron chi connectivity index (χ4n) is 2.09. The van der Waals surface area contributed by atoms with Crippen molar-refractivity contribution in [1.29, 1.82) is 0 Å². The Morgan fingerprint density at radius 3 is 2.73 bits per heavy atom. The molecule has 0 atom stereocenters. The van der Waals surface area contributed by atoms with Gasteiger partial charge in [-0.25, -0.2) is 4.39 Å². The SMILES string of the molecule is CC(=O)c1c(F)cccc1N(C)CC(=O)Nc1cc(C)on1. The molecule has 1 amide bonds. The number of likely N-dealkylation sites (N-methyl/N-ethyl adjacent to an activating group) is 1. The first-order valence-electron chi connectivity index (χ1n) is 6.62. The summed E-state index contributed by atoms with van der Waals surface area (Å²) in [5, 5.41) is 6.22. The van der Waals surface area contributed by atoms with Gasteiger partial charge in [-0.2, -0.15) is 0 Å². The molecule has 0 radical (unpaired) electrons. The first-order chi connectivity index (χ1) is 10.4. The molecular formula is C15H16FN3O3. The van der Waals surface area contributed by atoms with E-state index in [2.05, 4.69) is 10.5 Å². The monoisotopic (exact) mass is 305 g/mol. The highest BCUT2D eigenvalue weighted by molar-refractivity contribution is 6.01. The highest BCUT2D eigenvalue weighted by Gasteiger charge is 2.18. The lowest BCUT2D eigenvalue weighted by Gasteiger charge is -2.21. The van der Waals surface area contributed by atoms with Crippen LogP contribution in [-0.2, 0) is 4.79 Å². The second kappa shape index (κ2) is 6.38. The molecule has 0 fully saturated rings. The lowest BCUT2D eigenvalue weighted by molar-refractivity contribution is -0.115. The molecule has 0 saturated carbocycles. The number of aromatic nitrogens is 1. The Balaban J connectivity index is 2.12. The number of ketones is 1. The second-order valence-electron chi connectivity index (χ2n) is 4.92. The molecule has 0 bridgehead atoms. The van der Waals surface area contributed by atoms with Crippen molar-refractivity contribution in [2.75, 3.05) is 23.8 Å². The normalized spacial score (nSPS) is 10.4. The predicted molar refractivity (Wildman–Crippen MR) is 79.5 cm³/mol. The average Bonchev–Trinajstić information content (AvgIpc) is 2.82. The van der Waals surface area contributed by atoms with Gasteiger partial charge in [0.15, 0.2) is 11.6 Å². The van der Waals surface area contributed by atoms with Gasteiger partial charge in [0, 0.05) is 13.1 Å². The van der Waals surface area contributed by atoms with Crippen LogP contribution in [0.2, 0.25) is 0 Å². The van der Waals surface area contributed by atoms with E-state index in [1.165, 1.54) is 24.0 Å². The molecule has 0 aliphatic rings. The lowest BCUT2D eigenvalue weighted by atomic mass is 10.1. The molecule has 6 nitrogen and oxygen atoms in total. The van der Waals surface area contributed by atoms with E-state index in [4.69, 9.17) is 4.52 Å². The van der Waals surface area contributed by atoms with Crippen molar-refractivity contribution in [1.82, 2.24) is 5.16 Å². The summed E-state index contributed by atoms with van der Waals surface area (Å²) in [6.07, 6.45) is 0. The van der Waals surface area contributed by atoms with Gasteiger partial charge in [-0.15, -0.1) is 0 Å². The first-order valence-corrected chi connectivity index (χ1v) is 6.62. The molecule has 1 N–H and O–H groups in total. The zero-order chi connectivity index (χ0) is 16.3. The molecule has 1 aromatic heterocycles. The number of aryl methyl sites for hydroxylation is 1. The van der Waals surface area contributed by atoms with Crippen molar-refractivity contribution >= 4 is 23.2 Å². The number of hydrogen-bond donors (Lipinski definition) is 1. The summed E-state index contributed by atoms with van der Waals surface area (Å²) in [4.78, 5) is 25.0. The quantitative estimate of drug-likeness (QED) is 0.858. The Morgan fingerprint density at radius 1 is 1.41 bits per heavy atom. The van der Waals surface area contributed by atoms with E-state index >= 15 is 0 Å². The standard InChI is InChI=1S/C15H16FN3O3/c1-9-7-13(18-22-9)17-14(21)8-19(3)12-6-4-5-11(16)15(12)10(2)20/h4-7H,8H2,1-3H3,(H,17,18,21). The highest BCUT2D eigenvalue weighted by atomic mass is 19.1. The van der Waals surface area contributed by atoms with Crippen LogP contribution in [0.3, 0.4) is 0 Å². The number of amides is 1. The number of benzene rings is 1. The Labute approximate surface area is 126 Å². The highest BCUT2D eigenvalue weighted by Crippen LogP contribution is 2.22. The first kappa shape index (κ1) is 15.7. The summed E-state index contributed by atoms with van der Waals surface area (Å²) in [7, 11) is 1.61. The summed E-state index contributed by atoms with van der Waals surface area (Å²) < 4.78 is 18.6. The van der Waals surface area contributed by atoms with Crippen LogP contribution in [0.1, 0.15) is 23.0 Å². The van der Waals surface area contributed by atoms with Crippen LogP contribution in [0.4, 0.5) is 15.9 Å². The average molecular weight is 305 g/mol. The number of halogens is 1. The number of carbonyl (C=O) groups excluding carboxylic acids is 2. The summed E-state index contributed by atoms with van der Waals surface area (Å²) in [5.74, 6) is -0.471. The zero-order valence-electron chi connectivity index (χ0n) is 12.5. The van der Waals surface area contributed by atoms with Gasteiger partial charge in [0.25, 0.3) is 0 Å². The zero-order valence-corrected chi connectivity index (χ0v) is 12.5. The third-order valence-electron chi connectivity index (χ3n) is 3.03. The van der Waals surface area contributed by atoms with Gasteiger partial charge in [-0.1, -0.05) is 11.2 Å². The van der Waals surface area contributed by atoms with E-state index in [0.717, 1.165) is 0 Å². The van der Waals surface area contributed by atoms with Gasteiger partial charge in [0.1, 0.15) is 11.6 Å². The third kappa shape index (κ3) is 3.49. The molecule has 116 valence electrons. The van der Waals surface area contributed by atoms with Gasteiger partial charge in [-0.3, -0.25) is 9.59 Å². The number of rotatable bonds is 5. The predicted octanol–water partition coefficient (Wildman–Crippen LogP) is 2.40. The minimum Gasteiger partial charge on any atom is -0.365 e. The van der Waals surface area contributed by atoms with Crippen molar-refractivity contribution in [3.63, 3.8) is 0 Å². The van der Waals surface area contributed by atoms with Crippen LogP contribution in [0.5, 0.6) is 0 Å². The lowest BCUT2D eigenvalue weighted by Crippen LogP contribution is -2.31. The van der Waals surface area contributed by atoms with E-state index in [1.807, 2.05) is 0 Å². The Kier molecular flexibility index (Phi) is 4.55. The van der Waals surface area contributed by atoms with Crippen molar-refractivity contribution < 1.29 is 18.5 Å². The molecule has 22 heavy (non-hydrogen) atoms. The molecule has 1 heterocycles. The van der Waals surface area contributed by atoms with E-state index in [0.29, 0.717) is 17.3 Å². The minimum atomic E-state index is -0.607. The van der Waals surface area contributed by atoms with Gasteiger partial charge in [0.05, 0.1) is 17.8 Å². The van der Waals surface area contributed by atoms with Crippen LogP contribution in [0.25, 0.3) is 0 Å². The van der Waals surface area contributed by atoms with Crippen molar-refractivity contribution in [3.8, 4) is 0 Å². The van der Waals surface area contributed by atoms with Crippen molar-refractivity contribution in [3.05, 3.63) is 41.4 Å². The molecule has 0 saturated heterocycles. The van der Waals surface area contributed by atoms with Crippen LogP contribution in [-0.4, -0.2) is 30.4 Å². The molecule has 0 spiro atoms. The largest absolute Gasteiger partial charge is 0.365 e. The van der Waals surface area contributed by atoms with Crippen molar-refractivity contribution in [2.45, 2.75) is 13.8 Å². The maximum atomic E-state index is 13.8. The van der Waals surface area contributed by atoms with E-state index in [-0.39, 0.29) is 18.0 Å². The van der Waals surface area contributed by atoms with E-state index in [1.54, 1.807) is 26.1 Å². The fourth-order valence-corrected chi connectivity index (χ4v) is 2.09.